The lowest BCUT2D eigenvalue weighted by molar-refractivity contribution is -0.122. The summed E-state index contributed by atoms with van der Waals surface area (Å²) in [6, 6.07) is 17.2. The van der Waals surface area contributed by atoms with Crippen molar-refractivity contribution in [2.24, 2.45) is 0 Å². The fraction of sp³-hybridized carbons (Fsp3) is 0.0833. The molecule has 7 nitrogen and oxygen atoms in total. The second kappa shape index (κ2) is 10.2. The number of hydrogen-bond donors (Lipinski definition) is 1. The first-order valence-corrected chi connectivity index (χ1v) is 11.9. The van der Waals surface area contributed by atoms with Crippen molar-refractivity contribution < 1.29 is 19.1 Å². The predicted octanol–water partition coefficient (Wildman–Crippen LogP) is 4.65. The Labute approximate surface area is 208 Å². The predicted molar refractivity (Wildman–Crippen MR) is 135 cm³/mol. The normalized spacial score (nSPS) is 15.0. The highest BCUT2D eigenvalue weighted by molar-refractivity contribution is 14.1. The zero-order valence-electron chi connectivity index (χ0n) is 17.4. The maximum absolute atomic E-state index is 13.1. The summed E-state index contributed by atoms with van der Waals surface area (Å²) in [6.07, 6.45) is 3.21. The Kier molecular flexibility index (Phi) is 7.09. The maximum atomic E-state index is 13.1. The molecule has 1 fully saturated rings. The van der Waals surface area contributed by atoms with Crippen molar-refractivity contribution in [1.29, 1.82) is 0 Å². The minimum absolute atomic E-state index is 0.123. The van der Waals surface area contributed by atoms with E-state index in [0.717, 1.165) is 19.1 Å². The molecule has 0 spiro atoms. The van der Waals surface area contributed by atoms with Gasteiger partial charge in [-0.2, -0.15) is 0 Å². The quantitative estimate of drug-likeness (QED) is 0.201. The first-order chi connectivity index (χ1) is 16.0. The van der Waals surface area contributed by atoms with Gasteiger partial charge in [0.25, 0.3) is 11.8 Å². The monoisotopic (exact) mass is 571 g/mol. The molecular weight excluding hydrogens is 553 g/mol. The van der Waals surface area contributed by atoms with Gasteiger partial charge < -0.3 is 4.74 Å². The number of urea groups is 1. The van der Waals surface area contributed by atoms with Crippen molar-refractivity contribution >= 4 is 64.0 Å². The van der Waals surface area contributed by atoms with E-state index in [0.29, 0.717) is 22.8 Å². The van der Waals surface area contributed by atoms with Crippen LogP contribution in [0.15, 0.2) is 77.5 Å². The van der Waals surface area contributed by atoms with Gasteiger partial charge >= 0.3 is 6.03 Å². The molecule has 0 saturated carbocycles. The van der Waals surface area contributed by atoms with Gasteiger partial charge in [-0.05, 0) is 82.8 Å². The van der Waals surface area contributed by atoms with Crippen LogP contribution in [0.2, 0.25) is 0 Å². The first-order valence-electron chi connectivity index (χ1n) is 9.84. The lowest BCUT2D eigenvalue weighted by atomic mass is 10.0. The van der Waals surface area contributed by atoms with Gasteiger partial charge in [0.15, 0.2) is 0 Å². The number of methoxy groups -OCH3 is 1. The number of thioether (sulfide) groups is 1. The highest BCUT2D eigenvalue weighted by atomic mass is 127. The third kappa shape index (κ3) is 5.25. The number of ether oxygens (including phenoxy) is 1. The van der Waals surface area contributed by atoms with Crippen molar-refractivity contribution in [3.05, 3.63) is 87.1 Å². The molecule has 0 bridgehead atoms. The Balaban J connectivity index is 1.63. The van der Waals surface area contributed by atoms with E-state index in [1.54, 1.807) is 61.5 Å². The molecule has 1 saturated heterocycles. The molecule has 4 rings (SSSR count). The van der Waals surface area contributed by atoms with Gasteiger partial charge in [0.1, 0.15) is 11.3 Å². The average Bonchev–Trinajstić information content (AvgIpc) is 2.82. The highest BCUT2D eigenvalue weighted by Gasteiger charge is 2.36. The number of imide groups is 2. The summed E-state index contributed by atoms with van der Waals surface area (Å²) in [5.74, 6) is -0.127. The van der Waals surface area contributed by atoms with Gasteiger partial charge in [-0.3, -0.25) is 14.9 Å². The Hall–Kier alpha value is -3.18. The number of anilines is 1. The topological polar surface area (TPSA) is 88.6 Å². The molecule has 1 aliphatic rings. The van der Waals surface area contributed by atoms with Gasteiger partial charge in [-0.1, -0.05) is 12.1 Å². The van der Waals surface area contributed by atoms with Crippen LogP contribution in [0.1, 0.15) is 11.1 Å². The van der Waals surface area contributed by atoms with E-state index in [4.69, 9.17) is 4.74 Å². The average molecular weight is 571 g/mol. The van der Waals surface area contributed by atoms with Crippen molar-refractivity contribution in [3.63, 3.8) is 0 Å². The van der Waals surface area contributed by atoms with Crippen molar-refractivity contribution in [1.82, 2.24) is 10.3 Å². The van der Waals surface area contributed by atoms with E-state index >= 15 is 0 Å². The molecule has 2 aromatic carbocycles. The molecule has 9 heteroatoms. The summed E-state index contributed by atoms with van der Waals surface area (Å²) in [7, 11) is 1.59. The third-order valence-corrected chi connectivity index (χ3v) is 6.53. The Morgan fingerprint density at radius 2 is 1.88 bits per heavy atom. The second-order valence-corrected chi connectivity index (χ2v) is 9.20. The molecule has 3 aromatic rings. The van der Waals surface area contributed by atoms with Crippen LogP contribution in [0.5, 0.6) is 5.75 Å². The third-order valence-electron chi connectivity index (χ3n) is 4.82. The standard InChI is InChI=1S/C24H18IN3O4S/c1-32-20-10-5-15(12-16(20)14-33-21-4-2-3-11-26-21)13-19-22(29)27-24(31)28(23(19)30)18-8-6-17(25)7-9-18/h2-13H,14H2,1H3,(H,27,29,31). The van der Waals surface area contributed by atoms with Gasteiger partial charge in [0, 0.05) is 21.1 Å². The fourth-order valence-electron chi connectivity index (χ4n) is 3.23. The lowest BCUT2D eigenvalue weighted by Gasteiger charge is -2.26. The minimum atomic E-state index is -0.773. The zero-order valence-corrected chi connectivity index (χ0v) is 20.4. The van der Waals surface area contributed by atoms with Crippen LogP contribution in [0, 0.1) is 3.57 Å². The van der Waals surface area contributed by atoms with E-state index in [2.05, 4.69) is 32.9 Å². The largest absolute Gasteiger partial charge is 0.496 e. The van der Waals surface area contributed by atoms with Gasteiger partial charge in [0.05, 0.1) is 17.8 Å². The van der Waals surface area contributed by atoms with Crippen LogP contribution in [0.3, 0.4) is 0 Å². The Morgan fingerprint density at radius 3 is 2.58 bits per heavy atom. The summed E-state index contributed by atoms with van der Waals surface area (Å²) < 4.78 is 6.43. The number of amides is 4. The molecule has 166 valence electrons. The molecule has 1 N–H and O–H groups in total. The van der Waals surface area contributed by atoms with E-state index in [1.807, 2.05) is 24.3 Å². The van der Waals surface area contributed by atoms with Crippen LogP contribution >= 0.6 is 34.4 Å². The number of nitrogens with one attached hydrogen (secondary N) is 1. The zero-order chi connectivity index (χ0) is 23.4. The highest BCUT2D eigenvalue weighted by Crippen LogP contribution is 2.29. The molecule has 2 heterocycles. The van der Waals surface area contributed by atoms with Crippen molar-refractivity contribution in [2.45, 2.75) is 10.8 Å². The number of halogens is 1. The summed E-state index contributed by atoms with van der Waals surface area (Å²) >= 11 is 3.68. The van der Waals surface area contributed by atoms with E-state index in [9.17, 15) is 14.4 Å². The van der Waals surface area contributed by atoms with Gasteiger partial charge in [0.2, 0.25) is 0 Å². The SMILES string of the molecule is COc1ccc(C=C2C(=O)NC(=O)N(c3ccc(I)cc3)C2=O)cc1CSc1ccccn1. The molecule has 0 unspecified atom stereocenters. The summed E-state index contributed by atoms with van der Waals surface area (Å²) in [5.41, 5.74) is 1.79. The van der Waals surface area contributed by atoms with Crippen LogP contribution in [-0.4, -0.2) is 29.9 Å². The van der Waals surface area contributed by atoms with Crippen LogP contribution in [0.25, 0.3) is 6.08 Å². The number of carbonyl (C=O) groups excluding carboxylic acids is 3. The number of benzene rings is 2. The van der Waals surface area contributed by atoms with E-state index in [-0.39, 0.29) is 5.57 Å². The smallest absolute Gasteiger partial charge is 0.335 e. The van der Waals surface area contributed by atoms with Crippen LogP contribution < -0.4 is 15.0 Å². The number of pyridine rings is 1. The van der Waals surface area contributed by atoms with Crippen molar-refractivity contribution in [3.8, 4) is 5.75 Å². The van der Waals surface area contributed by atoms with E-state index < -0.39 is 17.8 Å². The van der Waals surface area contributed by atoms with E-state index in [1.165, 1.54) is 6.08 Å². The molecular formula is C24H18IN3O4S. The number of aromatic nitrogens is 1. The number of barbiturate groups is 1. The maximum Gasteiger partial charge on any atom is 0.335 e. The van der Waals surface area contributed by atoms with Gasteiger partial charge in [-0.25, -0.2) is 14.7 Å². The van der Waals surface area contributed by atoms with Crippen LogP contribution in [0.4, 0.5) is 10.5 Å². The Morgan fingerprint density at radius 1 is 1.09 bits per heavy atom. The number of carbonyl (C=O) groups is 3. The number of rotatable bonds is 6. The number of nitrogens with zero attached hydrogens (tertiary/aromatic N) is 2. The molecule has 1 aromatic heterocycles. The van der Waals surface area contributed by atoms with Gasteiger partial charge in [-0.15, -0.1) is 11.8 Å². The van der Waals surface area contributed by atoms with Crippen molar-refractivity contribution in [2.75, 3.05) is 12.0 Å². The molecule has 33 heavy (non-hydrogen) atoms. The molecule has 1 aliphatic heterocycles. The van der Waals surface area contributed by atoms with Crippen LogP contribution in [-0.2, 0) is 15.3 Å². The molecule has 0 atom stereocenters. The second-order valence-electron chi connectivity index (χ2n) is 6.96. The minimum Gasteiger partial charge on any atom is -0.496 e. The number of hydrogen-bond acceptors (Lipinski definition) is 6. The molecule has 0 aliphatic carbocycles. The summed E-state index contributed by atoms with van der Waals surface area (Å²) in [6.45, 7) is 0. The summed E-state index contributed by atoms with van der Waals surface area (Å²) in [5, 5.41) is 3.12. The first kappa shape index (κ1) is 23.0. The molecule has 0 radical (unpaired) electrons. The fourth-order valence-corrected chi connectivity index (χ4v) is 4.43. The molecule has 4 amide bonds. The Bertz CT molecular complexity index is 1250. The summed E-state index contributed by atoms with van der Waals surface area (Å²) in [4.78, 5) is 43.2. The lowest BCUT2D eigenvalue weighted by Crippen LogP contribution is -2.54.